The Morgan fingerprint density at radius 2 is 2.00 bits per heavy atom. The molecule has 20 heavy (non-hydrogen) atoms. The van der Waals surface area contributed by atoms with Gasteiger partial charge in [0.2, 0.25) is 5.91 Å². The molecule has 1 atom stereocenters. The lowest BCUT2D eigenvalue weighted by molar-refractivity contribution is -0.122. The van der Waals surface area contributed by atoms with Gasteiger partial charge in [0.25, 0.3) is 0 Å². The summed E-state index contributed by atoms with van der Waals surface area (Å²) in [7, 11) is 3.78. The maximum absolute atomic E-state index is 13.2. The number of hydrogen-bond donors (Lipinski definition) is 1. The van der Waals surface area contributed by atoms with Gasteiger partial charge in [-0.05, 0) is 57.1 Å². The van der Waals surface area contributed by atoms with E-state index in [1.165, 1.54) is 12.1 Å². The lowest BCUT2D eigenvalue weighted by Gasteiger charge is -2.33. The molecule has 0 radical (unpaired) electrons. The lowest BCUT2D eigenvalue weighted by atomic mass is 9.72. The highest BCUT2D eigenvalue weighted by Crippen LogP contribution is 2.38. The van der Waals surface area contributed by atoms with Crippen molar-refractivity contribution in [1.29, 1.82) is 0 Å². The predicted molar refractivity (Wildman–Crippen MR) is 78.1 cm³/mol. The van der Waals surface area contributed by atoms with Crippen LogP contribution in [-0.2, 0) is 10.2 Å². The predicted octanol–water partition coefficient (Wildman–Crippen LogP) is 2.32. The van der Waals surface area contributed by atoms with Gasteiger partial charge in [-0.1, -0.05) is 12.1 Å². The zero-order valence-electron chi connectivity index (χ0n) is 12.3. The molecule has 1 saturated heterocycles. The van der Waals surface area contributed by atoms with Gasteiger partial charge in [-0.25, -0.2) is 4.39 Å². The van der Waals surface area contributed by atoms with Crippen LogP contribution in [0.2, 0.25) is 0 Å². The molecule has 0 spiro atoms. The Morgan fingerprint density at radius 1 is 1.30 bits per heavy atom. The molecule has 1 heterocycles. The van der Waals surface area contributed by atoms with E-state index in [4.69, 9.17) is 0 Å². The number of hydrogen-bond acceptors (Lipinski definition) is 2. The van der Waals surface area contributed by atoms with E-state index in [2.05, 4.69) is 17.3 Å². The van der Waals surface area contributed by atoms with Crippen molar-refractivity contribution in [3.8, 4) is 0 Å². The Hall–Kier alpha value is -1.42. The topological polar surface area (TPSA) is 32.3 Å². The van der Waals surface area contributed by atoms with Crippen molar-refractivity contribution in [2.45, 2.75) is 31.1 Å². The Labute approximate surface area is 120 Å². The van der Waals surface area contributed by atoms with E-state index in [-0.39, 0.29) is 17.1 Å². The number of halogens is 1. The van der Waals surface area contributed by atoms with Gasteiger partial charge < -0.3 is 10.2 Å². The van der Waals surface area contributed by atoms with E-state index in [1.54, 1.807) is 7.05 Å². The first kappa shape index (κ1) is 15.0. The monoisotopic (exact) mass is 278 g/mol. The zero-order chi connectivity index (χ0) is 14.6. The zero-order valence-corrected chi connectivity index (χ0v) is 12.3. The Balaban J connectivity index is 2.32. The summed E-state index contributed by atoms with van der Waals surface area (Å²) in [4.78, 5) is 14.2. The van der Waals surface area contributed by atoms with Crippen molar-refractivity contribution in [3.63, 3.8) is 0 Å². The van der Waals surface area contributed by atoms with Crippen molar-refractivity contribution >= 4 is 5.91 Å². The standard InChI is InChI=1S/C16H23FN2O/c1-18-15(20)12-16(8-3-10-19(2)11-9-16)13-4-6-14(17)7-5-13/h4-7H,3,8-12H2,1-2H3,(H,18,20). The molecule has 4 heteroatoms. The minimum absolute atomic E-state index is 0.0545. The number of nitrogens with one attached hydrogen (secondary N) is 1. The molecular formula is C16H23FN2O. The van der Waals surface area contributed by atoms with Gasteiger partial charge in [-0.3, -0.25) is 4.79 Å². The minimum Gasteiger partial charge on any atom is -0.359 e. The highest BCUT2D eigenvalue weighted by Gasteiger charge is 2.35. The summed E-state index contributed by atoms with van der Waals surface area (Å²) in [5.41, 5.74) is 0.913. The molecule has 0 bridgehead atoms. The third-order valence-electron chi connectivity index (χ3n) is 4.40. The lowest BCUT2D eigenvalue weighted by Crippen LogP contribution is -2.34. The normalized spacial score (nSPS) is 24.1. The first-order valence-electron chi connectivity index (χ1n) is 7.21. The Kier molecular flexibility index (Phi) is 4.76. The van der Waals surface area contributed by atoms with Gasteiger partial charge in [0, 0.05) is 18.9 Å². The second-order valence-electron chi connectivity index (χ2n) is 5.79. The van der Waals surface area contributed by atoms with Crippen LogP contribution < -0.4 is 5.32 Å². The quantitative estimate of drug-likeness (QED) is 0.920. The molecule has 1 fully saturated rings. The van der Waals surface area contributed by atoms with E-state index < -0.39 is 0 Å². The molecule has 1 aliphatic heterocycles. The third kappa shape index (κ3) is 3.37. The number of likely N-dealkylation sites (tertiary alicyclic amines) is 1. The van der Waals surface area contributed by atoms with Gasteiger partial charge in [0.15, 0.2) is 0 Å². The second-order valence-corrected chi connectivity index (χ2v) is 5.79. The fourth-order valence-corrected chi connectivity index (χ4v) is 3.10. The maximum atomic E-state index is 13.2. The summed E-state index contributed by atoms with van der Waals surface area (Å²) in [6, 6.07) is 6.66. The average Bonchev–Trinajstić information content (AvgIpc) is 2.62. The van der Waals surface area contributed by atoms with Crippen LogP contribution in [0.3, 0.4) is 0 Å². The average molecular weight is 278 g/mol. The first-order chi connectivity index (χ1) is 9.55. The minimum atomic E-state index is -0.227. The van der Waals surface area contributed by atoms with E-state index in [0.29, 0.717) is 6.42 Å². The highest BCUT2D eigenvalue weighted by atomic mass is 19.1. The number of benzene rings is 1. The van der Waals surface area contributed by atoms with E-state index in [9.17, 15) is 9.18 Å². The van der Waals surface area contributed by atoms with Gasteiger partial charge >= 0.3 is 0 Å². The SMILES string of the molecule is CNC(=O)CC1(c2ccc(F)cc2)CCCN(C)CC1. The van der Waals surface area contributed by atoms with Crippen LogP contribution in [0.5, 0.6) is 0 Å². The molecule has 1 amide bonds. The summed E-state index contributed by atoms with van der Waals surface area (Å²) in [6.07, 6.45) is 3.44. The number of carbonyl (C=O) groups is 1. The van der Waals surface area contributed by atoms with Gasteiger partial charge in [-0.2, -0.15) is 0 Å². The fourth-order valence-electron chi connectivity index (χ4n) is 3.10. The highest BCUT2D eigenvalue weighted by molar-refractivity contribution is 5.77. The van der Waals surface area contributed by atoms with Crippen LogP contribution in [0.4, 0.5) is 4.39 Å². The largest absolute Gasteiger partial charge is 0.359 e. The Morgan fingerprint density at radius 3 is 2.65 bits per heavy atom. The third-order valence-corrected chi connectivity index (χ3v) is 4.40. The number of amides is 1. The summed E-state index contributed by atoms with van der Waals surface area (Å²) in [5, 5.41) is 2.72. The molecule has 1 N–H and O–H groups in total. The van der Waals surface area contributed by atoms with Crippen molar-refractivity contribution < 1.29 is 9.18 Å². The van der Waals surface area contributed by atoms with Gasteiger partial charge in [-0.15, -0.1) is 0 Å². The molecule has 110 valence electrons. The smallest absolute Gasteiger partial charge is 0.220 e. The molecule has 1 aromatic carbocycles. The molecule has 0 saturated carbocycles. The van der Waals surface area contributed by atoms with Crippen LogP contribution in [0.25, 0.3) is 0 Å². The van der Waals surface area contributed by atoms with E-state index in [0.717, 1.165) is 37.9 Å². The molecule has 1 aromatic rings. The second kappa shape index (κ2) is 6.35. The fraction of sp³-hybridized carbons (Fsp3) is 0.562. The molecule has 1 unspecified atom stereocenters. The molecule has 1 aliphatic rings. The van der Waals surface area contributed by atoms with Gasteiger partial charge in [0.1, 0.15) is 5.82 Å². The molecule has 3 nitrogen and oxygen atoms in total. The maximum Gasteiger partial charge on any atom is 0.220 e. The van der Waals surface area contributed by atoms with Crippen LogP contribution in [0.1, 0.15) is 31.2 Å². The van der Waals surface area contributed by atoms with Crippen LogP contribution in [0.15, 0.2) is 24.3 Å². The van der Waals surface area contributed by atoms with Crippen molar-refractivity contribution in [1.82, 2.24) is 10.2 Å². The molecule has 0 aliphatic carbocycles. The summed E-state index contributed by atoms with van der Waals surface area (Å²) >= 11 is 0. The van der Waals surface area contributed by atoms with Crippen LogP contribution in [0, 0.1) is 5.82 Å². The Bertz CT molecular complexity index is 460. The first-order valence-corrected chi connectivity index (χ1v) is 7.21. The van der Waals surface area contributed by atoms with Crippen molar-refractivity contribution in [2.24, 2.45) is 0 Å². The molecule has 2 rings (SSSR count). The number of nitrogens with zero attached hydrogens (tertiary/aromatic N) is 1. The van der Waals surface area contributed by atoms with Gasteiger partial charge in [0.05, 0.1) is 0 Å². The van der Waals surface area contributed by atoms with Crippen LogP contribution >= 0.6 is 0 Å². The van der Waals surface area contributed by atoms with E-state index >= 15 is 0 Å². The van der Waals surface area contributed by atoms with E-state index in [1.807, 2.05) is 12.1 Å². The summed E-state index contributed by atoms with van der Waals surface area (Å²) < 4.78 is 13.2. The molecular weight excluding hydrogens is 255 g/mol. The van der Waals surface area contributed by atoms with Crippen LogP contribution in [-0.4, -0.2) is 38.0 Å². The molecule has 0 aromatic heterocycles. The number of carbonyl (C=O) groups excluding carboxylic acids is 1. The van der Waals surface area contributed by atoms with Crippen molar-refractivity contribution in [2.75, 3.05) is 27.2 Å². The number of rotatable bonds is 3. The van der Waals surface area contributed by atoms with Crippen molar-refractivity contribution in [3.05, 3.63) is 35.6 Å². The summed E-state index contributed by atoms with van der Waals surface area (Å²) in [6.45, 7) is 2.02. The summed E-state index contributed by atoms with van der Waals surface area (Å²) in [5.74, 6) is -0.173.